The number of carbonyl (C=O) groups excluding carboxylic acids is 1. The lowest BCUT2D eigenvalue weighted by atomic mass is 10.1. The van der Waals surface area contributed by atoms with Gasteiger partial charge in [0.25, 0.3) is 0 Å². The van der Waals surface area contributed by atoms with E-state index in [9.17, 15) is 4.79 Å². The first kappa shape index (κ1) is 15.0. The SMILES string of the molecule is NCc1ccc(CC(=O)NCCN2CCCCC2)cc1. The van der Waals surface area contributed by atoms with E-state index in [1.807, 2.05) is 24.3 Å². The summed E-state index contributed by atoms with van der Waals surface area (Å²) in [6.45, 7) is 4.62. The van der Waals surface area contributed by atoms with Crippen LogP contribution in [0.5, 0.6) is 0 Å². The maximum Gasteiger partial charge on any atom is 0.224 e. The number of piperidine rings is 1. The fraction of sp³-hybridized carbons (Fsp3) is 0.562. The van der Waals surface area contributed by atoms with Gasteiger partial charge in [-0.1, -0.05) is 30.7 Å². The Kier molecular flexibility index (Phi) is 6.02. The van der Waals surface area contributed by atoms with Crippen LogP contribution in [0.2, 0.25) is 0 Å². The second-order valence-electron chi connectivity index (χ2n) is 5.45. The van der Waals surface area contributed by atoms with Crippen molar-refractivity contribution >= 4 is 5.91 Å². The van der Waals surface area contributed by atoms with Gasteiger partial charge in [-0.05, 0) is 37.1 Å². The summed E-state index contributed by atoms with van der Waals surface area (Å²) < 4.78 is 0. The van der Waals surface area contributed by atoms with Crippen molar-refractivity contribution in [2.24, 2.45) is 5.73 Å². The van der Waals surface area contributed by atoms with E-state index in [-0.39, 0.29) is 5.91 Å². The van der Waals surface area contributed by atoms with Gasteiger partial charge in [0.2, 0.25) is 5.91 Å². The minimum Gasteiger partial charge on any atom is -0.355 e. The first-order valence-electron chi connectivity index (χ1n) is 7.55. The number of hydrogen-bond donors (Lipinski definition) is 2. The molecule has 1 aromatic carbocycles. The van der Waals surface area contributed by atoms with E-state index < -0.39 is 0 Å². The summed E-state index contributed by atoms with van der Waals surface area (Å²) in [5.41, 5.74) is 7.69. The van der Waals surface area contributed by atoms with Crippen molar-refractivity contribution in [3.63, 3.8) is 0 Å². The van der Waals surface area contributed by atoms with Gasteiger partial charge in [-0.15, -0.1) is 0 Å². The fourth-order valence-corrected chi connectivity index (χ4v) is 2.58. The standard InChI is InChI=1S/C16H25N3O/c17-13-15-6-4-14(5-7-15)12-16(20)18-8-11-19-9-2-1-3-10-19/h4-7H,1-3,8-13,17H2,(H,18,20). The molecule has 0 atom stereocenters. The van der Waals surface area contributed by atoms with Gasteiger partial charge in [-0.2, -0.15) is 0 Å². The third-order valence-electron chi connectivity index (χ3n) is 3.82. The molecule has 2 rings (SSSR count). The van der Waals surface area contributed by atoms with Gasteiger partial charge in [0.15, 0.2) is 0 Å². The molecule has 20 heavy (non-hydrogen) atoms. The lowest BCUT2D eigenvalue weighted by Crippen LogP contribution is -2.38. The van der Waals surface area contributed by atoms with Crippen molar-refractivity contribution < 1.29 is 4.79 Å². The number of nitrogens with zero attached hydrogens (tertiary/aromatic N) is 1. The van der Waals surface area contributed by atoms with E-state index in [0.717, 1.165) is 24.2 Å². The number of nitrogens with two attached hydrogens (primary N) is 1. The van der Waals surface area contributed by atoms with E-state index in [4.69, 9.17) is 5.73 Å². The highest BCUT2D eigenvalue weighted by molar-refractivity contribution is 5.78. The van der Waals surface area contributed by atoms with Crippen LogP contribution in [-0.2, 0) is 17.8 Å². The summed E-state index contributed by atoms with van der Waals surface area (Å²) >= 11 is 0. The van der Waals surface area contributed by atoms with Crippen LogP contribution in [0.1, 0.15) is 30.4 Å². The Balaban J connectivity index is 1.66. The van der Waals surface area contributed by atoms with Crippen LogP contribution in [0.25, 0.3) is 0 Å². The van der Waals surface area contributed by atoms with Crippen LogP contribution in [0.3, 0.4) is 0 Å². The zero-order valence-corrected chi connectivity index (χ0v) is 12.1. The topological polar surface area (TPSA) is 58.4 Å². The highest BCUT2D eigenvalue weighted by Gasteiger charge is 2.10. The fourth-order valence-electron chi connectivity index (χ4n) is 2.58. The van der Waals surface area contributed by atoms with Crippen LogP contribution in [-0.4, -0.2) is 37.0 Å². The van der Waals surface area contributed by atoms with Crippen LogP contribution in [0.15, 0.2) is 24.3 Å². The highest BCUT2D eigenvalue weighted by atomic mass is 16.1. The summed E-state index contributed by atoms with van der Waals surface area (Å²) in [6, 6.07) is 7.92. The molecule has 4 nitrogen and oxygen atoms in total. The average molecular weight is 275 g/mol. The molecule has 1 aliphatic heterocycles. The Morgan fingerprint density at radius 2 is 1.75 bits per heavy atom. The molecule has 0 spiro atoms. The average Bonchev–Trinajstić information content (AvgIpc) is 2.49. The summed E-state index contributed by atoms with van der Waals surface area (Å²) in [6.07, 6.45) is 4.38. The van der Waals surface area contributed by atoms with Gasteiger partial charge in [-0.3, -0.25) is 4.79 Å². The molecule has 1 amide bonds. The van der Waals surface area contributed by atoms with Gasteiger partial charge < -0.3 is 16.0 Å². The number of rotatable bonds is 6. The second kappa shape index (κ2) is 8.02. The number of benzene rings is 1. The molecular formula is C16H25N3O. The van der Waals surface area contributed by atoms with Crippen molar-refractivity contribution in [2.75, 3.05) is 26.2 Å². The Morgan fingerprint density at radius 1 is 1.10 bits per heavy atom. The minimum absolute atomic E-state index is 0.0995. The number of likely N-dealkylation sites (tertiary alicyclic amines) is 1. The van der Waals surface area contributed by atoms with Crippen LogP contribution < -0.4 is 11.1 Å². The monoisotopic (exact) mass is 275 g/mol. The Bertz CT molecular complexity index is 410. The van der Waals surface area contributed by atoms with Gasteiger partial charge in [0.1, 0.15) is 0 Å². The predicted molar refractivity (Wildman–Crippen MR) is 81.3 cm³/mol. The normalized spacial score (nSPS) is 16.1. The molecule has 1 heterocycles. The Hall–Kier alpha value is -1.39. The van der Waals surface area contributed by atoms with E-state index in [2.05, 4.69) is 10.2 Å². The maximum absolute atomic E-state index is 11.9. The molecule has 0 unspecified atom stereocenters. The lowest BCUT2D eigenvalue weighted by molar-refractivity contribution is -0.120. The van der Waals surface area contributed by atoms with Crippen molar-refractivity contribution in [2.45, 2.75) is 32.2 Å². The quantitative estimate of drug-likeness (QED) is 0.822. The molecular weight excluding hydrogens is 250 g/mol. The molecule has 0 bridgehead atoms. The summed E-state index contributed by atoms with van der Waals surface area (Å²) in [4.78, 5) is 14.3. The number of hydrogen-bond acceptors (Lipinski definition) is 3. The summed E-state index contributed by atoms with van der Waals surface area (Å²) in [5, 5.41) is 3.00. The predicted octanol–water partition coefficient (Wildman–Crippen LogP) is 1.29. The number of nitrogens with one attached hydrogen (secondary N) is 1. The zero-order valence-electron chi connectivity index (χ0n) is 12.1. The summed E-state index contributed by atoms with van der Waals surface area (Å²) in [5.74, 6) is 0.0995. The van der Waals surface area contributed by atoms with Gasteiger partial charge in [-0.25, -0.2) is 0 Å². The smallest absolute Gasteiger partial charge is 0.224 e. The largest absolute Gasteiger partial charge is 0.355 e. The Morgan fingerprint density at radius 3 is 2.40 bits per heavy atom. The maximum atomic E-state index is 11.9. The minimum atomic E-state index is 0.0995. The zero-order chi connectivity index (χ0) is 14.2. The van der Waals surface area contributed by atoms with Crippen molar-refractivity contribution in [1.82, 2.24) is 10.2 Å². The van der Waals surface area contributed by atoms with Crippen LogP contribution >= 0.6 is 0 Å². The van der Waals surface area contributed by atoms with E-state index >= 15 is 0 Å². The van der Waals surface area contributed by atoms with E-state index in [0.29, 0.717) is 13.0 Å². The first-order chi connectivity index (χ1) is 9.78. The molecule has 1 aliphatic rings. The summed E-state index contributed by atoms with van der Waals surface area (Å²) in [7, 11) is 0. The molecule has 0 aliphatic carbocycles. The first-order valence-corrected chi connectivity index (χ1v) is 7.55. The third kappa shape index (κ3) is 4.94. The van der Waals surface area contributed by atoms with Crippen molar-refractivity contribution in [1.29, 1.82) is 0 Å². The van der Waals surface area contributed by atoms with E-state index in [1.54, 1.807) is 0 Å². The molecule has 0 saturated carbocycles. The molecule has 1 saturated heterocycles. The lowest BCUT2D eigenvalue weighted by Gasteiger charge is -2.26. The Labute approximate surface area is 121 Å². The molecule has 110 valence electrons. The van der Waals surface area contributed by atoms with Crippen molar-refractivity contribution in [3.05, 3.63) is 35.4 Å². The van der Waals surface area contributed by atoms with Crippen LogP contribution in [0.4, 0.5) is 0 Å². The van der Waals surface area contributed by atoms with Gasteiger partial charge in [0, 0.05) is 19.6 Å². The third-order valence-corrected chi connectivity index (χ3v) is 3.82. The second-order valence-corrected chi connectivity index (χ2v) is 5.45. The molecule has 1 fully saturated rings. The number of carbonyl (C=O) groups is 1. The molecule has 0 radical (unpaired) electrons. The van der Waals surface area contributed by atoms with Crippen molar-refractivity contribution in [3.8, 4) is 0 Å². The molecule has 4 heteroatoms. The number of amides is 1. The molecule has 0 aromatic heterocycles. The van der Waals surface area contributed by atoms with Crippen LogP contribution in [0, 0.1) is 0 Å². The van der Waals surface area contributed by atoms with E-state index in [1.165, 1.54) is 32.4 Å². The molecule has 1 aromatic rings. The molecule has 3 N–H and O–H groups in total. The van der Waals surface area contributed by atoms with Gasteiger partial charge >= 0.3 is 0 Å². The highest BCUT2D eigenvalue weighted by Crippen LogP contribution is 2.07. The van der Waals surface area contributed by atoms with Gasteiger partial charge in [0.05, 0.1) is 6.42 Å².